The Morgan fingerprint density at radius 3 is 2.85 bits per heavy atom. The van der Waals surface area contributed by atoms with Crippen LogP contribution in [-0.2, 0) is 0 Å². The van der Waals surface area contributed by atoms with Gasteiger partial charge in [0.2, 0.25) is 0 Å². The first-order chi connectivity index (χ1) is 12.5. The van der Waals surface area contributed by atoms with Crippen LogP contribution in [0.25, 0.3) is 0 Å². The zero-order chi connectivity index (χ0) is 18.7. The molecule has 9 heteroatoms. The van der Waals surface area contributed by atoms with Crippen molar-refractivity contribution in [3.8, 4) is 0 Å². The number of likely N-dealkylation sites (tertiary alicyclic amines) is 1. The smallest absolute Gasteiger partial charge is 0.317 e. The first-order valence-corrected chi connectivity index (χ1v) is 9.18. The minimum Gasteiger partial charge on any atom is -0.317 e. The molecule has 2 amide bonds. The van der Waals surface area contributed by atoms with Crippen LogP contribution in [0.1, 0.15) is 24.6 Å². The van der Waals surface area contributed by atoms with Crippen molar-refractivity contribution in [1.82, 2.24) is 15.2 Å². The van der Waals surface area contributed by atoms with Gasteiger partial charge in [-0.2, -0.15) is 0 Å². The van der Waals surface area contributed by atoms with E-state index in [2.05, 4.69) is 23.1 Å². The van der Waals surface area contributed by atoms with Crippen LogP contribution in [0.15, 0.2) is 42.7 Å². The number of nitrogens with one attached hydrogen (secondary N) is 1. The lowest BCUT2D eigenvalue weighted by molar-refractivity contribution is 0.0700. The molecule has 0 radical (unpaired) electrons. The van der Waals surface area contributed by atoms with Crippen LogP contribution in [0, 0.1) is 0 Å². The molecule has 5 nitrogen and oxygen atoms in total. The number of pyridine rings is 1. The van der Waals surface area contributed by atoms with Gasteiger partial charge < -0.3 is 5.32 Å². The highest BCUT2D eigenvalue weighted by atomic mass is 35.5. The van der Waals surface area contributed by atoms with Gasteiger partial charge in [0.25, 0.3) is 0 Å². The lowest BCUT2D eigenvalue weighted by Gasteiger charge is -2.31. The Labute approximate surface area is 166 Å². The van der Waals surface area contributed by atoms with Gasteiger partial charge >= 0.3 is 6.03 Å². The summed E-state index contributed by atoms with van der Waals surface area (Å²) in [5, 5.41) is 3.32. The molecule has 1 saturated heterocycles. The molecule has 0 bridgehead atoms. The maximum atomic E-state index is 14.3. The van der Waals surface area contributed by atoms with Crippen LogP contribution in [0.3, 0.4) is 0 Å². The highest BCUT2D eigenvalue weighted by molar-refractivity contribution is 7.82. The van der Waals surface area contributed by atoms with E-state index in [1.165, 1.54) is 0 Å². The number of benzene rings is 1. The number of urea groups is 1. The van der Waals surface area contributed by atoms with Crippen molar-refractivity contribution < 1.29 is 9.18 Å². The molecule has 138 valence electrons. The maximum absolute atomic E-state index is 14.3. The van der Waals surface area contributed by atoms with Gasteiger partial charge in [0.1, 0.15) is 6.17 Å². The van der Waals surface area contributed by atoms with E-state index in [9.17, 15) is 9.18 Å². The summed E-state index contributed by atoms with van der Waals surface area (Å²) in [7, 11) is 0. The zero-order valence-electron chi connectivity index (χ0n) is 13.6. The average molecular weight is 415 g/mol. The Hall–Kier alpha value is -1.54. The number of hydrogen-bond acceptors (Lipinski definition) is 4. The predicted molar refractivity (Wildman–Crippen MR) is 104 cm³/mol. The molecule has 2 unspecified atom stereocenters. The van der Waals surface area contributed by atoms with E-state index in [1.54, 1.807) is 47.6 Å². The topological polar surface area (TPSA) is 48.5 Å². The second-order valence-corrected chi connectivity index (χ2v) is 7.02. The van der Waals surface area contributed by atoms with E-state index in [0.717, 1.165) is 10.7 Å². The Bertz CT molecular complexity index is 783. The molecule has 2 atom stereocenters. The number of carbonyl (C=O) groups excluding carboxylic acids is 1. The largest absolute Gasteiger partial charge is 0.333 e. The molecule has 1 aliphatic heterocycles. The third-order valence-electron chi connectivity index (χ3n) is 4.16. The summed E-state index contributed by atoms with van der Waals surface area (Å²) in [6.07, 6.45) is 2.57. The lowest BCUT2D eigenvalue weighted by atomic mass is 10.2. The number of rotatable bonds is 4. The normalized spacial score (nSPS) is 18.5. The molecule has 1 aromatic carbocycles. The number of aromatic nitrogens is 1. The molecule has 2 heterocycles. The van der Waals surface area contributed by atoms with Crippen LogP contribution >= 0.6 is 36.0 Å². The molecule has 0 saturated carbocycles. The van der Waals surface area contributed by atoms with Crippen LogP contribution in [0.4, 0.5) is 14.9 Å². The Kier molecular flexibility index (Phi) is 6.24. The van der Waals surface area contributed by atoms with E-state index in [1.807, 2.05) is 0 Å². The Morgan fingerprint density at radius 1 is 1.38 bits per heavy atom. The molecule has 1 N–H and O–H groups in total. The van der Waals surface area contributed by atoms with Crippen molar-refractivity contribution >= 4 is 47.7 Å². The number of anilines is 1. The Morgan fingerprint density at radius 2 is 2.19 bits per heavy atom. The van der Waals surface area contributed by atoms with Crippen molar-refractivity contribution in [3.05, 3.63) is 58.3 Å². The fourth-order valence-corrected chi connectivity index (χ4v) is 3.54. The zero-order valence-corrected chi connectivity index (χ0v) is 16.1. The average Bonchev–Trinajstić information content (AvgIpc) is 3.07. The van der Waals surface area contributed by atoms with Gasteiger partial charge in [-0.3, -0.25) is 4.98 Å². The summed E-state index contributed by atoms with van der Waals surface area (Å²) >= 11 is 16.4. The molecule has 3 rings (SSSR count). The summed E-state index contributed by atoms with van der Waals surface area (Å²) in [4.78, 5) is 18.4. The van der Waals surface area contributed by atoms with Gasteiger partial charge in [-0.25, -0.2) is 18.4 Å². The predicted octanol–water partition coefficient (Wildman–Crippen LogP) is 4.84. The third-order valence-corrected chi connectivity index (χ3v) is 5.37. The molecule has 1 aliphatic rings. The van der Waals surface area contributed by atoms with E-state index < -0.39 is 18.5 Å². The number of halogens is 3. The van der Waals surface area contributed by atoms with Crippen LogP contribution < -0.4 is 9.62 Å². The number of nitrogens with zero attached hydrogens (tertiary/aromatic N) is 3. The summed E-state index contributed by atoms with van der Waals surface area (Å²) in [6.45, 7) is 0.533. The van der Waals surface area contributed by atoms with Gasteiger partial charge in [-0.1, -0.05) is 48.1 Å². The highest BCUT2D eigenvalue weighted by Crippen LogP contribution is 2.34. The summed E-state index contributed by atoms with van der Waals surface area (Å²) in [5.74, 6) is 0. The third kappa shape index (κ3) is 4.06. The van der Waals surface area contributed by atoms with Crippen molar-refractivity contribution in [2.24, 2.45) is 0 Å². The maximum Gasteiger partial charge on any atom is 0.333 e. The van der Waals surface area contributed by atoms with Gasteiger partial charge in [-0.05, 0) is 31.0 Å². The fraction of sp³-hybridized carbons (Fsp3) is 0.294. The molecular weight excluding hydrogens is 398 g/mol. The first kappa shape index (κ1) is 19.2. The van der Waals surface area contributed by atoms with Crippen molar-refractivity contribution in [3.63, 3.8) is 0 Å². The minimum atomic E-state index is -1.14. The van der Waals surface area contributed by atoms with Crippen LogP contribution in [0.5, 0.6) is 0 Å². The number of thiol groups is 1. The fourth-order valence-electron chi connectivity index (χ4n) is 2.88. The first-order valence-electron chi connectivity index (χ1n) is 8.02. The summed E-state index contributed by atoms with van der Waals surface area (Å²) in [6, 6.07) is 7.88. The molecule has 2 aromatic rings. The van der Waals surface area contributed by atoms with Crippen molar-refractivity contribution in [1.29, 1.82) is 0 Å². The standard InChI is InChI=1S/C17H17Cl2FN4OS/c18-12-5-1-6-13(15(12)19)24(26)17(25)22-16(11-4-2-8-21-10-11)23-9-3-7-14(23)20/h1-2,4-6,8,10,14,16,26H,3,7,9H2,(H,22,25). The Balaban J connectivity index is 1.84. The van der Waals surface area contributed by atoms with E-state index >= 15 is 0 Å². The number of amides is 2. The highest BCUT2D eigenvalue weighted by Gasteiger charge is 2.33. The minimum absolute atomic E-state index is 0.210. The van der Waals surface area contributed by atoms with Crippen molar-refractivity contribution in [2.45, 2.75) is 25.3 Å². The number of carbonyl (C=O) groups is 1. The van der Waals surface area contributed by atoms with Gasteiger partial charge in [0.05, 0.1) is 15.7 Å². The number of alkyl halides is 1. The van der Waals surface area contributed by atoms with Gasteiger partial charge in [0, 0.05) is 24.5 Å². The molecular formula is C17H17Cl2FN4OS. The van der Waals surface area contributed by atoms with Crippen LogP contribution in [-0.4, -0.2) is 28.8 Å². The summed E-state index contributed by atoms with van der Waals surface area (Å²) < 4.78 is 15.4. The summed E-state index contributed by atoms with van der Waals surface area (Å²) in [5.41, 5.74) is 1.02. The quantitative estimate of drug-likeness (QED) is 0.555. The number of hydrogen-bond donors (Lipinski definition) is 2. The van der Waals surface area contributed by atoms with Crippen LogP contribution in [0.2, 0.25) is 10.0 Å². The van der Waals surface area contributed by atoms with E-state index in [-0.39, 0.29) is 5.02 Å². The van der Waals surface area contributed by atoms with Gasteiger partial charge in [0.15, 0.2) is 6.30 Å². The monoisotopic (exact) mass is 414 g/mol. The second-order valence-electron chi connectivity index (χ2n) is 5.84. The second kappa shape index (κ2) is 8.43. The van der Waals surface area contributed by atoms with E-state index in [4.69, 9.17) is 23.2 Å². The molecule has 1 aromatic heterocycles. The molecule has 0 spiro atoms. The molecule has 1 fully saturated rings. The van der Waals surface area contributed by atoms with Gasteiger partial charge in [-0.15, -0.1) is 0 Å². The van der Waals surface area contributed by atoms with Crippen molar-refractivity contribution in [2.75, 3.05) is 10.8 Å². The molecule has 26 heavy (non-hydrogen) atoms. The van der Waals surface area contributed by atoms with E-state index in [0.29, 0.717) is 29.2 Å². The molecule has 0 aliphatic carbocycles. The lowest BCUT2D eigenvalue weighted by Crippen LogP contribution is -2.45. The SMILES string of the molecule is O=C(NC(c1cccnc1)N1CCCC1F)N(S)c1cccc(Cl)c1Cl.